The van der Waals surface area contributed by atoms with E-state index in [0.717, 1.165) is 0 Å². The van der Waals surface area contributed by atoms with Crippen LogP contribution in [-0.4, -0.2) is 32.5 Å². The zero-order chi connectivity index (χ0) is 12.8. The molecule has 5 nitrogen and oxygen atoms in total. The second kappa shape index (κ2) is 6.00. The Kier molecular flexibility index (Phi) is 4.66. The third-order valence-corrected chi connectivity index (χ3v) is 2.32. The first-order valence-electron chi connectivity index (χ1n) is 5.09. The molecule has 1 aromatic carbocycles. The standard InChI is InChI=1S/C12H15NO4/c1-16-11-6-9(12(15)17-2)4-3-8(11)5-10(14)7-13/h3-4,6H,5,7,13H2,1-2H3. The van der Waals surface area contributed by atoms with Gasteiger partial charge in [-0.2, -0.15) is 0 Å². The Balaban J connectivity index is 3.01. The smallest absolute Gasteiger partial charge is 0.337 e. The van der Waals surface area contributed by atoms with Gasteiger partial charge in [-0.05, 0) is 12.1 Å². The number of hydrogen-bond donors (Lipinski definition) is 1. The molecule has 17 heavy (non-hydrogen) atoms. The van der Waals surface area contributed by atoms with E-state index in [-0.39, 0.29) is 18.7 Å². The lowest BCUT2D eigenvalue weighted by Gasteiger charge is -2.09. The molecular weight excluding hydrogens is 222 g/mol. The van der Waals surface area contributed by atoms with Crippen molar-refractivity contribution in [1.82, 2.24) is 0 Å². The van der Waals surface area contributed by atoms with Gasteiger partial charge in [0.1, 0.15) is 5.75 Å². The van der Waals surface area contributed by atoms with E-state index < -0.39 is 5.97 Å². The number of carbonyl (C=O) groups is 2. The molecule has 0 aromatic heterocycles. The van der Waals surface area contributed by atoms with Gasteiger partial charge in [0.25, 0.3) is 0 Å². The number of ether oxygens (including phenoxy) is 2. The van der Waals surface area contributed by atoms with Crippen LogP contribution < -0.4 is 10.5 Å². The van der Waals surface area contributed by atoms with Crippen molar-refractivity contribution >= 4 is 11.8 Å². The molecule has 0 atom stereocenters. The summed E-state index contributed by atoms with van der Waals surface area (Å²) in [6, 6.07) is 4.80. The van der Waals surface area contributed by atoms with Gasteiger partial charge in [-0.15, -0.1) is 0 Å². The van der Waals surface area contributed by atoms with Gasteiger partial charge in [0, 0.05) is 12.0 Å². The molecule has 0 saturated heterocycles. The van der Waals surface area contributed by atoms with Crippen molar-refractivity contribution in [2.75, 3.05) is 20.8 Å². The first-order chi connectivity index (χ1) is 8.12. The van der Waals surface area contributed by atoms with Crippen LogP contribution in [0.15, 0.2) is 18.2 Å². The average molecular weight is 237 g/mol. The number of carbonyl (C=O) groups excluding carboxylic acids is 2. The summed E-state index contributed by atoms with van der Waals surface area (Å²) in [6.45, 7) is -0.0120. The summed E-state index contributed by atoms with van der Waals surface area (Å²) >= 11 is 0. The fraction of sp³-hybridized carbons (Fsp3) is 0.333. The summed E-state index contributed by atoms with van der Waals surface area (Å²) in [5.41, 5.74) is 6.33. The molecule has 0 radical (unpaired) electrons. The Morgan fingerprint density at radius 2 is 2.00 bits per heavy atom. The average Bonchev–Trinajstić information content (AvgIpc) is 2.37. The Bertz CT molecular complexity index is 429. The van der Waals surface area contributed by atoms with Crippen LogP contribution in [0, 0.1) is 0 Å². The molecule has 0 bridgehead atoms. The highest BCUT2D eigenvalue weighted by Gasteiger charge is 2.12. The summed E-state index contributed by atoms with van der Waals surface area (Å²) < 4.78 is 9.72. The van der Waals surface area contributed by atoms with Crippen LogP contribution in [0.4, 0.5) is 0 Å². The molecular formula is C12H15NO4. The molecule has 0 spiro atoms. The third-order valence-electron chi connectivity index (χ3n) is 2.32. The lowest BCUT2D eigenvalue weighted by Crippen LogP contribution is -2.16. The number of hydrogen-bond acceptors (Lipinski definition) is 5. The first kappa shape index (κ1) is 13.2. The van der Waals surface area contributed by atoms with Crippen LogP contribution in [0.3, 0.4) is 0 Å². The zero-order valence-electron chi connectivity index (χ0n) is 9.86. The van der Waals surface area contributed by atoms with Crippen molar-refractivity contribution in [1.29, 1.82) is 0 Å². The van der Waals surface area contributed by atoms with Crippen LogP contribution in [-0.2, 0) is 16.0 Å². The van der Waals surface area contributed by atoms with E-state index in [2.05, 4.69) is 4.74 Å². The van der Waals surface area contributed by atoms with Crippen molar-refractivity contribution in [3.63, 3.8) is 0 Å². The first-order valence-corrected chi connectivity index (χ1v) is 5.09. The SMILES string of the molecule is COC(=O)c1ccc(CC(=O)CN)c(OC)c1. The maximum atomic E-state index is 11.3. The second-order valence-electron chi connectivity index (χ2n) is 3.44. The molecule has 1 rings (SSSR count). The number of rotatable bonds is 5. The highest BCUT2D eigenvalue weighted by molar-refractivity contribution is 5.90. The quantitative estimate of drug-likeness (QED) is 0.757. The van der Waals surface area contributed by atoms with Gasteiger partial charge < -0.3 is 15.2 Å². The van der Waals surface area contributed by atoms with Crippen molar-refractivity contribution in [3.05, 3.63) is 29.3 Å². The Hall–Kier alpha value is -1.88. The molecule has 0 heterocycles. The molecule has 0 fully saturated rings. The van der Waals surface area contributed by atoms with E-state index in [4.69, 9.17) is 10.5 Å². The Labute approximate surface area is 99.5 Å². The second-order valence-corrected chi connectivity index (χ2v) is 3.44. The number of ketones is 1. The maximum absolute atomic E-state index is 11.3. The molecule has 92 valence electrons. The summed E-state index contributed by atoms with van der Waals surface area (Å²) in [4.78, 5) is 22.6. The highest BCUT2D eigenvalue weighted by atomic mass is 16.5. The number of esters is 1. The number of methoxy groups -OCH3 is 2. The fourth-order valence-corrected chi connectivity index (χ4v) is 1.42. The van der Waals surface area contributed by atoms with Crippen LogP contribution in [0.1, 0.15) is 15.9 Å². The molecule has 5 heteroatoms. The lowest BCUT2D eigenvalue weighted by molar-refractivity contribution is -0.117. The minimum Gasteiger partial charge on any atom is -0.496 e. The number of nitrogens with two attached hydrogens (primary N) is 1. The predicted molar refractivity (Wildman–Crippen MR) is 62.1 cm³/mol. The maximum Gasteiger partial charge on any atom is 0.337 e. The molecule has 1 aromatic rings. The molecule has 0 aliphatic heterocycles. The largest absolute Gasteiger partial charge is 0.496 e. The molecule has 0 saturated carbocycles. The normalized spacial score (nSPS) is 9.82. The monoisotopic (exact) mass is 237 g/mol. The van der Waals surface area contributed by atoms with Crippen LogP contribution in [0.2, 0.25) is 0 Å². The van der Waals surface area contributed by atoms with Gasteiger partial charge in [0.2, 0.25) is 0 Å². The Morgan fingerprint density at radius 3 is 2.53 bits per heavy atom. The van der Waals surface area contributed by atoms with E-state index in [1.54, 1.807) is 18.2 Å². The summed E-state index contributed by atoms with van der Waals surface area (Å²) in [7, 11) is 2.79. The molecule has 2 N–H and O–H groups in total. The van der Waals surface area contributed by atoms with Gasteiger partial charge in [0.05, 0.1) is 26.3 Å². The fourth-order valence-electron chi connectivity index (χ4n) is 1.42. The Morgan fingerprint density at radius 1 is 1.29 bits per heavy atom. The third kappa shape index (κ3) is 3.29. The van der Waals surface area contributed by atoms with Crippen molar-refractivity contribution in [3.8, 4) is 5.75 Å². The van der Waals surface area contributed by atoms with Gasteiger partial charge >= 0.3 is 5.97 Å². The van der Waals surface area contributed by atoms with Gasteiger partial charge in [-0.3, -0.25) is 4.79 Å². The summed E-state index contributed by atoms with van der Waals surface area (Å²) in [6.07, 6.45) is 0.196. The molecule has 0 unspecified atom stereocenters. The minimum atomic E-state index is -0.444. The van der Waals surface area contributed by atoms with Crippen LogP contribution >= 0.6 is 0 Å². The van der Waals surface area contributed by atoms with Gasteiger partial charge in [0.15, 0.2) is 5.78 Å². The van der Waals surface area contributed by atoms with Crippen molar-refractivity contribution < 1.29 is 19.1 Å². The van der Waals surface area contributed by atoms with Crippen molar-refractivity contribution in [2.45, 2.75) is 6.42 Å². The molecule has 0 aliphatic rings. The minimum absolute atomic E-state index is 0.0120. The summed E-state index contributed by atoms with van der Waals surface area (Å²) in [5, 5.41) is 0. The summed E-state index contributed by atoms with van der Waals surface area (Å²) in [5.74, 6) is -0.0520. The van der Waals surface area contributed by atoms with Crippen molar-refractivity contribution in [2.24, 2.45) is 5.73 Å². The van der Waals surface area contributed by atoms with E-state index in [0.29, 0.717) is 16.9 Å². The van der Waals surface area contributed by atoms with Crippen LogP contribution in [0.5, 0.6) is 5.75 Å². The molecule has 0 aliphatic carbocycles. The number of Topliss-reactive ketones (excluding diaryl/α,β-unsaturated/α-hetero) is 1. The van der Waals surface area contributed by atoms with Gasteiger partial charge in [-0.25, -0.2) is 4.79 Å². The highest BCUT2D eigenvalue weighted by Crippen LogP contribution is 2.21. The predicted octanol–water partition coefficient (Wildman–Crippen LogP) is 0.552. The van der Waals surface area contributed by atoms with E-state index in [1.807, 2.05) is 0 Å². The molecule has 0 amide bonds. The van der Waals surface area contributed by atoms with Crippen LogP contribution in [0.25, 0.3) is 0 Å². The van der Waals surface area contributed by atoms with E-state index >= 15 is 0 Å². The van der Waals surface area contributed by atoms with E-state index in [1.165, 1.54) is 14.2 Å². The lowest BCUT2D eigenvalue weighted by atomic mass is 10.1. The number of benzene rings is 1. The van der Waals surface area contributed by atoms with Gasteiger partial charge in [-0.1, -0.05) is 6.07 Å². The van der Waals surface area contributed by atoms with E-state index in [9.17, 15) is 9.59 Å². The zero-order valence-corrected chi connectivity index (χ0v) is 9.86. The topological polar surface area (TPSA) is 78.6 Å².